The predicted molar refractivity (Wildman–Crippen MR) is 77.4 cm³/mol. The third-order valence-corrected chi connectivity index (χ3v) is 3.79. The first kappa shape index (κ1) is 16.0. The molecule has 0 saturated carbocycles. The summed E-state index contributed by atoms with van der Waals surface area (Å²) in [5.74, 6) is 0.378. The highest BCUT2D eigenvalue weighted by atomic mass is 32.2. The lowest BCUT2D eigenvalue weighted by atomic mass is 10.2. The SMILES string of the molecule is COCC(O)CCNC(=O)CSc1ccccc1C. The second-order valence-corrected chi connectivity index (χ2v) is 5.32. The van der Waals surface area contributed by atoms with E-state index in [0.717, 1.165) is 4.90 Å². The van der Waals surface area contributed by atoms with Crippen molar-refractivity contribution >= 4 is 17.7 Å². The Morgan fingerprint density at radius 1 is 1.47 bits per heavy atom. The number of rotatable bonds is 8. The summed E-state index contributed by atoms with van der Waals surface area (Å²) in [4.78, 5) is 12.7. The summed E-state index contributed by atoms with van der Waals surface area (Å²) in [6, 6.07) is 7.99. The number of nitrogens with one attached hydrogen (secondary N) is 1. The summed E-state index contributed by atoms with van der Waals surface area (Å²) >= 11 is 1.53. The van der Waals surface area contributed by atoms with Crippen LogP contribution in [0.15, 0.2) is 29.2 Å². The molecule has 0 bridgehead atoms. The lowest BCUT2D eigenvalue weighted by molar-refractivity contribution is -0.118. The third kappa shape index (κ3) is 6.61. The van der Waals surface area contributed by atoms with Crippen molar-refractivity contribution in [3.05, 3.63) is 29.8 Å². The van der Waals surface area contributed by atoms with Crippen LogP contribution in [0.25, 0.3) is 0 Å². The topological polar surface area (TPSA) is 58.6 Å². The third-order valence-electron chi connectivity index (χ3n) is 2.61. The molecule has 1 unspecified atom stereocenters. The Bertz CT molecular complexity index is 398. The predicted octanol–water partition coefficient (Wildman–Crippen LogP) is 1.60. The summed E-state index contributed by atoms with van der Waals surface area (Å²) in [5.41, 5.74) is 1.18. The zero-order valence-corrected chi connectivity index (χ0v) is 12.2. The van der Waals surface area contributed by atoms with Gasteiger partial charge in [-0.3, -0.25) is 4.79 Å². The number of aliphatic hydroxyl groups excluding tert-OH is 1. The van der Waals surface area contributed by atoms with Gasteiger partial charge in [0.15, 0.2) is 0 Å². The van der Waals surface area contributed by atoms with E-state index in [-0.39, 0.29) is 5.91 Å². The first-order valence-corrected chi connectivity index (χ1v) is 7.24. The van der Waals surface area contributed by atoms with Gasteiger partial charge in [0.25, 0.3) is 0 Å². The first-order valence-electron chi connectivity index (χ1n) is 6.25. The van der Waals surface area contributed by atoms with Crippen LogP contribution in [-0.2, 0) is 9.53 Å². The number of amides is 1. The van der Waals surface area contributed by atoms with Crippen molar-refractivity contribution in [2.75, 3.05) is 26.0 Å². The monoisotopic (exact) mass is 283 g/mol. The van der Waals surface area contributed by atoms with E-state index >= 15 is 0 Å². The van der Waals surface area contributed by atoms with E-state index in [9.17, 15) is 9.90 Å². The molecule has 4 nitrogen and oxygen atoms in total. The van der Waals surface area contributed by atoms with E-state index in [1.54, 1.807) is 7.11 Å². The summed E-state index contributed by atoms with van der Waals surface area (Å²) in [5, 5.41) is 12.2. The second kappa shape index (κ2) is 8.96. The van der Waals surface area contributed by atoms with Crippen molar-refractivity contribution in [3.8, 4) is 0 Å². The molecule has 106 valence electrons. The molecule has 0 radical (unpaired) electrons. The molecule has 0 fully saturated rings. The summed E-state index contributed by atoms with van der Waals surface area (Å²) < 4.78 is 4.81. The van der Waals surface area contributed by atoms with Crippen molar-refractivity contribution in [1.82, 2.24) is 5.32 Å². The van der Waals surface area contributed by atoms with Gasteiger partial charge in [-0.1, -0.05) is 18.2 Å². The van der Waals surface area contributed by atoms with Crippen molar-refractivity contribution in [2.24, 2.45) is 0 Å². The zero-order chi connectivity index (χ0) is 14.1. The molecular weight excluding hydrogens is 262 g/mol. The molecule has 0 aliphatic heterocycles. The highest BCUT2D eigenvalue weighted by Gasteiger charge is 2.06. The standard InChI is InChI=1S/C14H21NO3S/c1-11-5-3-4-6-13(11)19-10-14(17)15-8-7-12(16)9-18-2/h3-6,12,16H,7-10H2,1-2H3,(H,15,17). The molecule has 0 heterocycles. The fraction of sp³-hybridized carbons (Fsp3) is 0.500. The van der Waals surface area contributed by atoms with Crippen LogP contribution in [0.5, 0.6) is 0 Å². The Kier molecular flexibility index (Phi) is 7.55. The summed E-state index contributed by atoms with van der Waals surface area (Å²) in [6.07, 6.45) is -0.0106. The number of ether oxygens (including phenoxy) is 1. The lowest BCUT2D eigenvalue weighted by Gasteiger charge is -2.10. The van der Waals surface area contributed by atoms with Gasteiger partial charge in [-0.2, -0.15) is 0 Å². The van der Waals surface area contributed by atoms with E-state index in [1.807, 2.05) is 31.2 Å². The van der Waals surface area contributed by atoms with Gasteiger partial charge in [0.2, 0.25) is 5.91 Å². The first-order chi connectivity index (χ1) is 9.13. The van der Waals surface area contributed by atoms with E-state index in [0.29, 0.717) is 25.3 Å². The van der Waals surface area contributed by atoms with Crippen LogP contribution in [0, 0.1) is 6.92 Å². The Hall–Kier alpha value is -1.04. The van der Waals surface area contributed by atoms with Crippen molar-refractivity contribution in [3.63, 3.8) is 0 Å². The van der Waals surface area contributed by atoms with Crippen LogP contribution < -0.4 is 5.32 Å². The Morgan fingerprint density at radius 3 is 2.89 bits per heavy atom. The number of hydrogen-bond donors (Lipinski definition) is 2. The number of carbonyl (C=O) groups is 1. The number of benzene rings is 1. The number of methoxy groups -OCH3 is 1. The van der Waals surface area contributed by atoms with Gasteiger partial charge < -0.3 is 15.2 Å². The summed E-state index contributed by atoms with van der Waals surface area (Å²) in [6.45, 7) is 2.80. The average molecular weight is 283 g/mol. The largest absolute Gasteiger partial charge is 0.391 e. The fourth-order valence-electron chi connectivity index (χ4n) is 1.57. The van der Waals surface area contributed by atoms with E-state index in [2.05, 4.69) is 5.32 Å². The van der Waals surface area contributed by atoms with E-state index in [4.69, 9.17) is 4.74 Å². The van der Waals surface area contributed by atoms with Crippen LogP contribution in [0.4, 0.5) is 0 Å². The molecule has 0 saturated heterocycles. The van der Waals surface area contributed by atoms with Gasteiger partial charge in [-0.15, -0.1) is 11.8 Å². The van der Waals surface area contributed by atoms with Crippen LogP contribution in [-0.4, -0.2) is 43.1 Å². The molecule has 1 aromatic carbocycles. The number of thioether (sulfide) groups is 1. The van der Waals surface area contributed by atoms with Crippen LogP contribution in [0.3, 0.4) is 0 Å². The summed E-state index contributed by atoms with van der Waals surface area (Å²) in [7, 11) is 1.54. The highest BCUT2D eigenvalue weighted by molar-refractivity contribution is 8.00. The van der Waals surface area contributed by atoms with E-state index in [1.165, 1.54) is 17.3 Å². The number of carbonyl (C=O) groups excluding carboxylic acids is 1. The quantitative estimate of drug-likeness (QED) is 0.712. The fourth-order valence-corrected chi connectivity index (χ4v) is 2.43. The maximum atomic E-state index is 11.6. The Labute approximate surface area is 118 Å². The molecule has 1 rings (SSSR count). The molecule has 0 spiro atoms. The molecule has 5 heteroatoms. The molecule has 1 atom stereocenters. The van der Waals surface area contributed by atoms with Gasteiger partial charge in [0.05, 0.1) is 18.5 Å². The number of hydrogen-bond acceptors (Lipinski definition) is 4. The van der Waals surface area contributed by atoms with Gasteiger partial charge >= 0.3 is 0 Å². The van der Waals surface area contributed by atoms with Crippen LogP contribution in [0.2, 0.25) is 0 Å². The number of aliphatic hydroxyl groups is 1. The zero-order valence-electron chi connectivity index (χ0n) is 11.4. The molecule has 1 amide bonds. The Balaban J connectivity index is 2.20. The molecule has 2 N–H and O–H groups in total. The van der Waals surface area contributed by atoms with Crippen molar-refractivity contribution < 1.29 is 14.6 Å². The minimum absolute atomic E-state index is 0.0159. The highest BCUT2D eigenvalue weighted by Crippen LogP contribution is 2.21. The maximum Gasteiger partial charge on any atom is 0.230 e. The maximum absolute atomic E-state index is 11.6. The molecular formula is C14H21NO3S. The Morgan fingerprint density at radius 2 is 2.21 bits per heavy atom. The normalized spacial score (nSPS) is 12.2. The second-order valence-electron chi connectivity index (χ2n) is 4.30. The van der Waals surface area contributed by atoms with Crippen LogP contribution in [0.1, 0.15) is 12.0 Å². The smallest absolute Gasteiger partial charge is 0.230 e. The van der Waals surface area contributed by atoms with Crippen molar-refractivity contribution in [2.45, 2.75) is 24.3 Å². The van der Waals surface area contributed by atoms with Gasteiger partial charge in [0, 0.05) is 18.6 Å². The minimum Gasteiger partial charge on any atom is -0.391 e. The van der Waals surface area contributed by atoms with Gasteiger partial charge in [0.1, 0.15) is 0 Å². The van der Waals surface area contributed by atoms with Gasteiger partial charge in [-0.25, -0.2) is 0 Å². The molecule has 0 aliphatic carbocycles. The average Bonchev–Trinajstić information content (AvgIpc) is 2.38. The lowest BCUT2D eigenvalue weighted by Crippen LogP contribution is -2.29. The molecule has 0 aromatic heterocycles. The molecule has 19 heavy (non-hydrogen) atoms. The molecule has 0 aliphatic rings. The van der Waals surface area contributed by atoms with Crippen LogP contribution >= 0.6 is 11.8 Å². The number of aryl methyl sites for hydroxylation is 1. The minimum atomic E-state index is -0.519. The van der Waals surface area contributed by atoms with E-state index < -0.39 is 6.10 Å². The van der Waals surface area contributed by atoms with Crippen molar-refractivity contribution in [1.29, 1.82) is 0 Å². The molecule has 1 aromatic rings. The van der Waals surface area contributed by atoms with Gasteiger partial charge in [-0.05, 0) is 25.0 Å².